The van der Waals surface area contributed by atoms with E-state index in [1.54, 1.807) is 22.2 Å². The quantitative estimate of drug-likeness (QED) is 0.601. The largest absolute Gasteiger partial charge is 0.467 e. The maximum absolute atomic E-state index is 12.1. The number of amides is 1. The number of nitrogens with one attached hydrogen (secondary N) is 1. The summed E-state index contributed by atoms with van der Waals surface area (Å²) in [5, 5.41) is 2.95. The van der Waals surface area contributed by atoms with Crippen LogP contribution in [0.4, 0.5) is 0 Å². The molecule has 2 heterocycles. The fourth-order valence-electron chi connectivity index (χ4n) is 2.14. The minimum atomic E-state index is -0.669. The van der Waals surface area contributed by atoms with Gasteiger partial charge in [-0.3, -0.25) is 9.20 Å². The van der Waals surface area contributed by atoms with Gasteiger partial charge >= 0.3 is 5.97 Å². The number of hydrogen-bond donors (Lipinski definition) is 1. The van der Waals surface area contributed by atoms with Crippen LogP contribution in [0.1, 0.15) is 12.1 Å². The van der Waals surface area contributed by atoms with Crippen molar-refractivity contribution in [3.63, 3.8) is 0 Å². The number of pyridine rings is 1. The van der Waals surface area contributed by atoms with Gasteiger partial charge in [0.05, 0.1) is 12.8 Å². The normalized spacial score (nSPS) is 12.5. The number of halogens is 1. The van der Waals surface area contributed by atoms with Gasteiger partial charge in [-0.25, -0.2) is 9.78 Å². The molecule has 24 heavy (non-hydrogen) atoms. The van der Waals surface area contributed by atoms with E-state index < -0.39 is 17.9 Å². The second-order valence-corrected chi connectivity index (χ2v) is 6.26. The van der Waals surface area contributed by atoms with Crippen LogP contribution in [-0.2, 0) is 14.3 Å². The van der Waals surface area contributed by atoms with Gasteiger partial charge in [-0.2, -0.15) is 11.8 Å². The highest BCUT2D eigenvalue weighted by Crippen LogP contribution is 2.18. The van der Waals surface area contributed by atoms with Crippen LogP contribution in [0, 0.1) is 0 Å². The number of rotatable bonds is 7. The molecule has 8 heteroatoms. The van der Waals surface area contributed by atoms with E-state index >= 15 is 0 Å². The van der Waals surface area contributed by atoms with Gasteiger partial charge in [0.25, 0.3) is 0 Å². The van der Waals surface area contributed by atoms with Crippen LogP contribution in [0.2, 0.25) is 5.15 Å². The van der Waals surface area contributed by atoms with E-state index in [1.165, 1.54) is 13.2 Å². The Bertz CT molecular complexity index is 760. The third kappa shape index (κ3) is 4.52. The molecule has 0 saturated heterocycles. The van der Waals surface area contributed by atoms with Crippen molar-refractivity contribution in [1.82, 2.24) is 14.7 Å². The van der Waals surface area contributed by atoms with Crippen molar-refractivity contribution in [2.45, 2.75) is 12.5 Å². The van der Waals surface area contributed by atoms with Crippen molar-refractivity contribution in [3.05, 3.63) is 41.3 Å². The van der Waals surface area contributed by atoms with Gasteiger partial charge in [0, 0.05) is 12.3 Å². The summed E-state index contributed by atoms with van der Waals surface area (Å²) >= 11 is 7.70. The van der Waals surface area contributed by atoms with Gasteiger partial charge in [0.2, 0.25) is 5.91 Å². The molecule has 1 amide bonds. The Morgan fingerprint density at radius 2 is 2.29 bits per heavy atom. The van der Waals surface area contributed by atoms with Gasteiger partial charge in [-0.1, -0.05) is 17.7 Å². The molecule has 0 fully saturated rings. The molecule has 2 aromatic rings. The number of nitrogens with zero attached hydrogens (tertiary/aromatic N) is 2. The third-order valence-corrected chi connectivity index (χ3v) is 4.25. The van der Waals surface area contributed by atoms with Crippen LogP contribution < -0.4 is 5.32 Å². The summed E-state index contributed by atoms with van der Waals surface area (Å²) in [6.07, 6.45) is 7.14. The topological polar surface area (TPSA) is 72.7 Å². The van der Waals surface area contributed by atoms with E-state index in [0.717, 1.165) is 5.75 Å². The third-order valence-electron chi connectivity index (χ3n) is 3.33. The molecule has 0 aliphatic carbocycles. The Morgan fingerprint density at radius 3 is 3.00 bits per heavy atom. The van der Waals surface area contributed by atoms with E-state index in [1.807, 2.05) is 30.7 Å². The first kappa shape index (κ1) is 18.4. The Kier molecular flexibility index (Phi) is 6.69. The Hall–Kier alpha value is -1.99. The fourth-order valence-corrected chi connectivity index (χ4v) is 2.85. The predicted molar refractivity (Wildman–Crippen MR) is 96.2 cm³/mol. The smallest absolute Gasteiger partial charge is 0.328 e. The summed E-state index contributed by atoms with van der Waals surface area (Å²) in [6, 6.07) is 4.85. The molecular formula is C16H18ClN3O3S. The number of carbonyl (C=O) groups excluding carboxylic acids is 2. The molecule has 1 N–H and O–H groups in total. The van der Waals surface area contributed by atoms with Crippen LogP contribution in [0.25, 0.3) is 11.7 Å². The zero-order chi connectivity index (χ0) is 17.5. The molecule has 2 rings (SSSR count). The van der Waals surface area contributed by atoms with Gasteiger partial charge in [-0.05, 0) is 36.6 Å². The molecule has 2 aromatic heterocycles. The summed E-state index contributed by atoms with van der Waals surface area (Å²) < 4.78 is 6.49. The number of imidazole rings is 1. The maximum atomic E-state index is 12.1. The highest BCUT2D eigenvalue weighted by molar-refractivity contribution is 7.98. The number of fused-ring (bicyclic) bond motifs is 1. The SMILES string of the molecule is COC(=O)[C@H](CCSC)NC(=O)/C=C/c1c(Cl)nc2ccccn12. The summed E-state index contributed by atoms with van der Waals surface area (Å²) in [7, 11) is 1.30. The van der Waals surface area contributed by atoms with Crippen molar-refractivity contribution in [2.24, 2.45) is 0 Å². The van der Waals surface area contributed by atoms with E-state index in [2.05, 4.69) is 10.3 Å². The minimum absolute atomic E-state index is 0.303. The van der Waals surface area contributed by atoms with Gasteiger partial charge in [0.15, 0.2) is 5.15 Å². The molecule has 0 aromatic carbocycles. The van der Waals surface area contributed by atoms with Crippen molar-refractivity contribution in [2.75, 3.05) is 19.1 Å². The molecule has 0 aliphatic heterocycles. The molecule has 128 valence electrons. The standard InChI is InChI=1S/C16H18ClN3O3S/c1-23-16(22)11(8-10-24-2)18-14(21)7-6-12-15(17)19-13-5-3-4-9-20(12)13/h3-7,9,11H,8,10H2,1-2H3,(H,18,21)/b7-6+/t11-/m0/s1. The van der Waals surface area contributed by atoms with Crippen LogP contribution >= 0.6 is 23.4 Å². The average molecular weight is 368 g/mol. The van der Waals surface area contributed by atoms with E-state index in [9.17, 15) is 9.59 Å². The van der Waals surface area contributed by atoms with Gasteiger partial charge in [0.1, 0.15) is 11.7 Å². The van der Waals surface area contributed by atoms with Crippen LogP contribution in [-0.4, -0.2) is 46.4 Å². The van der Waals surface area contributed by atoms with Crippen molar-refractivity contribution in [1.29, 1.82) is 0 Å². The summed E-state index contributed by atoms with van der Waals surface area (Å²) in [4.78, 5) is 28.0. The molecule has 1 atom stereocenters. The van der Waals surface area contributed by atoms with E-state index in [4.69, 9.17) is 16.3 Å². The average Bonchev–Trinajstić information content (AvgIpc) is 2.91. The number of esters is 1. The Labute approximate surface area is 149 Å². The fraction of sp³-hybridized carbons (Fsp3) is 0.312. The summed E-state index contributed by atoms with van der Waals surface area (Å²) in [5.74, 6) is -0.116. The number of aromatic nitrogens is 2. The number of hydrogen-bond acceptors (Lipinski definition) is 5. The summed E-state index contributed by atoms with van der Waals surface area (Å²) in [5.41, 5.74) is 1.29. The molecule has 6 nitrogen and oxygen atoms in total. The highest BCUT2D eigenvalue weighted by atomic mass is 35.5. The number of carbonyl (C=O) groups is 2. The number of methoxy groups -OCH3 is 1. The van der Waals surface area contributed by atoms with E-state index in [-0.39, 0.29) is 0 Å². The molecule has 0 saturated carbocycles. The maximum Gasteiger partial charge on any atom is 0.328 e. The summed E-state index contributed by atoms with van der Waals surface area (Å²) in [6.45, 7) is 0. The van der Waals surface area contributed by atoms with Gasteiger partial charge < -0.3 is 10.1 Å². The number of ether oxygens (including phenoxy) is 1. The lowest BCUT2D eigenvalue weighted by Gasteiger charge is -2.14. The Balaban J connectivity index is 2.10. The predicted octanol–water partition coefficient (Wildman–Crippen LogP) is 2.41. The number of thioether (sulfide) groups is 1. The second-order valence-electron chi connectivity index (χ2n) is 4.92. The first-order valence-electron chi connectivity index (χ1n) is 7.24. The molecule has 0 radical (unpaired) electrons. The molecular weight excluding hydrogens is 350 g/mol. The van der Waals surface area contributed by atoms with E-state index in [0.29, 0.717) is 22.9 Å². The minimum Gasteiger partial charge on any atom is -0.467 e. The zero-order valence-electron chi connectivity index (χ0n) is 13.4. The molecule has 0 unspecified atom stereocenters. The molecule has 0 aliphatic rings. The van der Waals surface area contributed by atoms with Crippen molar-refractivity contribution in [3.8, 4) is 0 Å². The monoisotopic (exact) mass is 367 g/mol. The molecule has 0 bridgehead atoms. The van der Waals surface area contributed by atoms with Crippen LogP contribution in [0.3, 0.4) is 0 Å². The highest BCUT2D eigenvalue weighted by Gasteiger charge is 2.20. The van der Waals surface area contributed by atoms with Crippen LogP contribution in [0.15, 0.2) is 30.5 Å². The Morgan fingerprint density at radius 1 is 1.50 bits per heavy atom. The van der Waals surface area contributed by atoms with Crippen molar-refractivity contribution >= 4 is 47.0 Å². The lowest BCUT2D eigenvalue weighted by Crippen LogP contribution is -2.41. The van der Waals surface area contributed by atoms with Crippen LogP contribution in [0.5, 0.6) is 0 Å². The lowest BCUT2D eigenvalue weighted by molar-refractivity contribution is -0.144. The first-order valence-corrected chi connectivity index (χ1v) is 9.02. The lowest BCUT2D eigenvalue weighted by atomic mass is 10.2. The first-order chi connectivity index (χ1) is 11.6. The molecule has 0 spiro atoms. The van der Waals surface area contributed by atoms with Gasteiger partial charge in [-0.15, -0.1) is 0 Å². The zero-order valence-corrected chi connectivity index (χ0v) is 14.9. The second kappa shape index (κ2) is 8.75. The van der Waals surface area contributed by atoms with Crippen molar-refractivity contribution < 1.29 is 14.3 Å².